The van der Waals surface area contributed by atoms with Gasteiger partial charge in [0.1, 0.15) is 0 Å². The van der Waals surface area contributed by atoms with Crippen molar-refractivity contribution >= 4 is 5.91 Å². The molecule has 0 aliphatic carbocycles. The van der Waals surface area contributed by atoms with Crippen molar-refractivity contribution in [2.45, 2.75) is 57.5 Å². The molecule has 0 aromatic heterocycles. The van der Waals surface area contributed by atoms with Crippen LogP contribution in [0.4, 0.5) is 0 Å². The van der Waals surface area contributed by atoms with Crippen LogP contribution in [0.2, 0.25) is 0 Å². The number of rotatable bonds is 5. The van der Waals surface area contributed by atoms with Crippen LogP contribution in [0, 0.1) is 0 Å². The molecule has 0 radical (unpaired) electrons. The summed E-state index contributed by atoms with van der Waals surface area (Å²) in [6, 6.07) is 10.7. The highest BCUT2D eigenvalue weighted by Gasteiger charge is 2.37. The predicted molar refractivity (Wildman–Crippen MR) is 82.4 cm³/mol. The Morgan fingerprint density at radius 3 is 2.75 bits per heavy atom. The number of benzene rings is 1. The van der Waals surface area contributed by atoms with Crippen LogP contribution in [-0.4, -0.2) is 28.9 Å². The summed E-state index contributed by atoms with van der Waals surface area (Å²) in [6.07, 6.45) is 4.80. The minimum atomic E-state index is -0.714. The van der Waals surface area contributed by atoms with Crippen molar-refractivity contribution in [3.63, 3.8) is 0 Å². The zero-order valence-electron chi connectivity index (χ0n) is 12.6. The van der Waals surface area contributed by atoms with Crippen molar-refractivity contribution in [1.29, 1.82) is 0 Å². The first-order chi connectivity index (χ1) is 9.54. The molecule has 1 heterocycles. The topological polar surface area (TPSA) is 46.3 Å². The number of nitrogens with two attached hydrogens (primary N) is 1. The van der Waals surface area contributed by atoms with Crippen molar-refractivity contribution in [1.82, 2.24) is 4.90 Å². The highest BCUT2D eigenvalue weighted by atomic mass is 16.2. The second-order valence-electron chi connectivity index (χ2n) is 6.15. The minimum Gasteiger partial charge on any atom is -0.338 e. The largest absolute Gasteiger partial charge is 0.338 e. The number of likely N-dealkylation sites (tertiary alicyclic amines) is 1. The lowest BCUT2D eigenvalue weighted by Gasteiger charge is -2.33. The molecule has 0 bridgehead atoms. The zero-order valence-corrected chi connectivity index (χ0v) is 12.6. The summed E-state index contributed by atoms with van der Waals surface area (Å²) in [5.41, 5.74) is 6.80. The van der Waals surface area contributed by atoms with E-state index in [-0.39, 0.29) is 5.91 Å². The maximum absolute atomic E-state index is 12.7. The first-order valence-electron chi connectivity index (χ1n) is 7.68. The van der Waals surface area contributed by atoms with E-state index in [9.17, 15) is 4.79 Å². The summed E-state index contributed by atoms with van der Waals surface area (Å²) in [5, 5.41) is 0. The average Bonchev–Trinajstić information content (AvgIpc) is 2.87. The highest BCUT2D eigenvalue weighted by molar-refractivity contribution is 5.86. The number of carbonyl (C=O) groups is 1. The fourth-order valence-corrected chi connectivity index (χ4v) is 3.16. The lowest BCUT2D eigenvalue weighted by molar-refractivity contribution is -0.137. The summed E-state index contributed by atoms with van der Waals surface area (Å²) in [6.45, 7) is 4.80. The fourth-order valence-electron chi connectivity index (χ4n) is 3.16. The van der Waals surface area contributed by atoms with Gasteiger partial charge in [0.05, 0.1) is 5.54 Å². The Balaban J connectivity index is 2.05. The third kappa shape index (κ3) is 3.40. The quantitative estimate of drug-likeness (QED) is 0.897. The first-order valence-corrected chi connectivity index (χ1v) is 7.68. The van der Waals surface area contributed by atoms with Gasteiger partial charge in [-0.25, -0.2) is 0 Å². The van der Waals surface area contributed by atoms with E-state index in [4.69, 9.17) is 5.73 Å². The molecule has 1 saturated heterocycles. The second kappa shape index (κ2) is 6.40. The third-order valence-corrected chi connectivity index (χ3v) is 4.21. The molecule has 2 atom stereocenters. The Hall–Kier alpha value is -1.35. The van der Waals surface area contributed by atoms with Crippen molar-refractivity contribution in [3.05, 3.63) is 35.9 Å². The van der Waals surface area contributed by atoms with Gasteiger partial charge in [0.15, 0.2) is 0 Å². The summed E-state index contributed by atoms with van der Waals surface area (Å²) < 4.78 is 0. The molecule has 2 rings (SSSR count). The van der Waals surface area contributed by atoms with E-state index in [2.05, 4.69) is 31.2 Å². The molecule has 1 aliphatic rings. The Labute approximate surface area is 122 Å². The molecule has 1 fully saturated rings. The molecule has 2 N–H and O–H groups in total. The molecule has 2 unspecified atom stereocenters. The lowest BCUT2D eigenvalue weighted by Crippen LogP contribution is -2.54. The van der Waals surface area contributed by atoms with Gasteiger partial charge in [0, 0.05) is 12.6 Å². The van der Waals surface area contributed by atoms with Crippen molar-refractivity contribution in [3.8, 4) is 0 Å². The monoisotopic (exact) mass is 274 g/mol. The molecule has 110 valence electrons. The first kappa shape index (κ1) is 15.0. The SMILES string of the molecule is CCCC(C)(N)C(=O)N1CCCC1Cc1ccccc1. The summed E-state index contributed by atoms with van der Waals surface area (Å²) >= 11 is 0. The third-order valence-electron chi connectivity index (χ3n) is 4.21. The van der Waals surface area contributed by atoms with Gasteiger partial charge < -0.3 is 10.6 Å². The molecular weight excluding hydrogens is 248 g/mol. The number of nitrogens with zero attached hydrogens (tertiary/aromatic N) is 1. The van der Waals surface area contributed by atoms with Crippen LogP contribution in [-0.2, 0) is 11.2 Å². The Bertz CT molecular complexity index is 442. The van der Waals surface area contributed by atoms with Crippen LogP contribution in [0.3, 0.4) is 0 Å². The van der Waals surface area contributed by atoms with Gasteiger partial charge in [-0.1, -0.05) is 43.7 Å². The Morgan fingerprint density at radius 1 is 1.40 bits per heavy atom. The van der Waals surface area contributed by atoms with E-state index in [0.29, 0.717) is 6.04 Å². The fraction of sp³-hybridized carbons (Fsp3) is 0.588. The van der Waals surface area contributed by atoms with Crippen LogP contribution in [0.25, 0.3) is 0 Å². The standard InChI is InChI=1S/C17H26N2O/c1-3-11-17(2,18)16(20)19-12-7-10-15(19)13-14-8-5-4-6-9-14/h4-6,8-9,15H,3,7,10-13,18H2,1-2H3. The van der Waals surface area contributed by atoms with Crippen molar-refractivity contribution in [2.24, 2.45) is 5.73 Å². The normalized spacial score (nSPS) is 21.8. The van der Waals surface area contributed by atoms with Gasteiger partial charge in [0.25, 0.3) is 0 Å². The van der Waals surface area contributed by atoms with E-state index in [0.717, 1.165) is 38.6 Å². The van der Waals surface area contributed by atoms with Gasteiger partial charge in [-0.2, -0.15) is 0 Å². The molecule has 1 aromatic rings. The van der Waals surface area contributed by atoms with E-state index in [1.54, 1.807) is 0 Å². The smallest absolute Gasteiger partial charge is 0.242 e. The highest BCUT2D eigenvalue weighted by Crippen LogP contribution is 2.25. The number of hydrogen-bond donors (Lipinski definition) is 1. The van der Waals surface area contributed by atoms with E-state index in [1.807, 2.05) is 17.9 Å². The molecule has 0 spiro atoms. The van der Waals surface area contributed by atoms with Crippen molar-refractivity contribution < 1.29 is 4.79 Å². The Morgan fingerprint density at radius 2 is 2.10 bits per heavy atom. The van der Waals surface area contributed by atoms with Gasteiger partial charge in [-0.15, -0.1) is 0 Å². The second-order valence-corrected chi connectivity index (χ2v) is 6.15. The molecule has 1 amide bonds. The van der Waals surface area contributed by atoms with Crippen LogP contribution in [0.5, 0.6) is 0 Å². The van der Waals surface area contributed by atoms with Gasteiger partial charge in [-0.05, 0) is 38.2 Å². The van der Waals surface area contributed by atoms with Crippen molar-refractivity contribution in [2.75, 3.05) is 6.54 Å². The molecule has 20 heavy (non-hydrogen) atoms. The molecule has 3 heteroatoms. The van der Waals surface area contributed by atoms with Crippen LogP contribution >= 0.6 is 0 Å². The van der Waals surface area contributed by atoms with Crippen LogP contribution in [0.1, 0.15) is 45.1 Å². The number of carbonyl (C=O) groups excluding carboxylic acids is 1. The van der Waals surface area contributed by atoms with Crippen LogP contribution in [0.15, 0.2) is 30.3 Å². The number of amides is 1. The molecular formula is C17H26N2O. The molecule has 0 saturated carbocycles. The summed E-state index contributed by atoms with van der Waals surface area (Å²) in [7, 11) is 0. The molecule has 1 aromatic carbocycles. The minimum absolute atomic E-state index is 0.123. The number of hydrogen-bond acceptors (Lipinski definition) is 2. The maximum Gasteiger partial charge on any atom is 0.242 e. The summed E-state index contributed by atoms with van der Waals surface area (Å²) in [5.74, 6) is 0.123. The predicted octanol–water partition coefficient (Wildman–Crippen LogP) is 2.74. The summed E-state index contributed by atoms with van der Waals surface area (Å²) in [4.78, 5) is 14.7. The lowest BCUT2D eigenvalue weighted by atomic mass is 9.94. The molecule has 1 aliphatic heterocycles. The Kier molecular flexibility index (Phi) is 4.81. The van der Waals surface area contributed by atoms with Gasteiger partial charge in [0.2, 0.25) is 5.91 Å². The van der Waals surface area contributed by atoms with E-state index < -0.39 is 5.54 Å². The zero-order chi connectivity index (χ0) is 14.6. The van der Waals surface area contributed by atoms with Gasteiger partial charge in [-0.3, -0.25) is 4.79 Å². The maximum atomic E-state index is 12.7. The molecule has 3 nitrogen and oxygen atoms in total. The van der Waals surface area contributed by atoms with Gasteiger partial charge >= 0.3 is 0 Å². The van der Waals surface area contributed by atoms with E-state index in [1.165, 1.54) is 5.56 Å². The average molecular weight is 274 g/mol. The van der Waals surface area contributed by atoms with E-state index >= 15 is 0 Å². The van der Waals surface area contributed by atoms with Crippen LogP contribution < -0.4 is 5.73 Å².